The van der Waals surface area contributed by atoms with E-state index in [1.165, 1.54) is 0 Å². The highest BCUT2D eigenvalue weighted by atomic mass is 79.9. The third-order valence-electron chi connectivity index (χ3n) is 6.27. The van der Waals surface area contributed by atoms with E-state index in [1.807, 2.05) is 30.3 Å². The van der Waals surface area contributed by atoms with Gasteiger partial charge in [0.15, 0.2) is 0 Å². The van der Waals surface area contributed by atoms with Crippen LogP contribution in [0.2, 0.25) is 0 Å². The lowest BCUT2D eigenvalue weighted by Crippen LogP contribution is -2.41. The van der Waals surface area contributed by atoms with Crippen molar-refractivity contribution in [2.45, 2.75) is 51.6 Å². The molecular formula is C25H30BrN3O3S. The van der Waals surface area contributed by atoms with Crippen LogP contribution in [0.15, 0.2) is 40.2 Å². The Morgan fingerprint density at radius 1 is 1.15 bits per heavy atom. The van der Waals surface area contributed by atoms with Crippen LogP contribution >= 0.6 is 27.3 Å². The van der Waals surface area contributed by atoms with E-state index in [1.54, 1.807) is 18.4 Å². The first-order valence-corrected chi connectivity index (χ1v) is 13.1. The molecule has 1 saturated carbocycles. The number of hydrogen-bond donors (Lipinski definition) is 2. The summed E-state index contributed by atoms with van der Waals surface area (Å²) in [7, 11) is 1.65. The van der Waals surface area contributed by atoms with Crippen molar-refractivity contribution in [3.8, 4) is 5.75 Å². The monoisotopic (exact) mass is 531 g/mol. The van der Waals surface area contributed by atoms with Gasteiger partial charge in [0.2, 0.25) is 5.91 Å². The maximum absolute atomic E-state index is 13.3. The van der Waals surface area contributed by atoms with Crippen LogP contribution in [0, 0.1) is 5.92 Å². The first-order valence-electron chi connectivity index (χ1n) is 11.5. The minimum absolute atomic E-state index is 0.0538. The molecule has 1 aliphatic rings. The third-order valence-corrected chi connectivity index (χ3v) is 7.85. The van der Waals surface area contributed by atoms with Crippen molar-refractivity contribution in [3.63, 3.8) is 0 Å². The van der Waals surface area contributed by atoms with Crippen molar-refractivity contribution in [2.75, 3.05) is 13.7 Å². The van der Waals surface area contributed by atoms with Crippen LogP contribution < -0.4 is 15.4 Å². The number of fused-ring (bicyclic) bond motifs is 1. The first-order chi connectivity index (χ1) is 16.0. The van der Waals surface area contributed by atoms with Gasteiger partial charge in [-0.05, 0) is 77.9 Å². The number of carbonyl (C=O) groups excluding carboxylic acids is 2. The number of nitrogens with zero attached hydrogens (tertiary/aromatic N) is 1. The van der Waals surface area contributed by atoms with Gasteiger partial charge < -0.3 is 19.9 Å². The highest BCUT2D eigenvalue weighted by Gasteiger charge is 2.28. The minimum Gasteiger partial charge on any atom is -0.497 e. The van der Waals surface area contributed by atoms with Crippen molar-refractivity contribution in [1.82, 2.24) is 15.2 Å². The van der Waals surface area contributed by atoms with Crippen molar-refractivity contribution in [3.05, 3.63) is 51.4 Å². The van der Waals surface area contributed by atoms with E-state index in [0.29, 0.717) is 12.2 Å². The fourth-order valence-corrected chi connectivity index (χ4v) is 6.00. The fourth-order valence-electron chi connectivity index (χ4n) is 4.44. The van der Waals surface area contributed by atoms with Gasteiger partial charge in [-0.2, -0.15) is 0 Å². The third kappa shape index (κ3) is 5.61. The van der Waals surface area contributed by atoms with Crippen LogP contribution in [0.25, 0.3) is 10.2 Å². The molecule has 3 aromatic rings. The van der Waals surface area contributed by atoms with Gasteiger partial charge in [0.05, 0.1) is 21.1 Å². The van der Waals surface area contributed by atoms with E-state index < -0.39 is 0 Å². The maximum atomic E-state index is 13.3. The second-order valence-corrected chi connectivity index (χ2v) is 11.0. The second kappa shape index (κ2) is 10.7. The van der Waals surface area contributed by atoms with Crippen LogP contribution in [0.4, 0.5) is 0 Å². The number of ether oxygens (including phenoxy) is 1. The zero-order chi connectivity index (χ0) is 23.4. The fraction of sp³-hybridized carbons (Fsp3) is 0.440. The number of halogens is 1. The minimum atomic E-state index is -0.0538. The zero-order valence-electron chi connectivity index (χ0n) is 19.0. The molecule has 2 heterocycles. The van der Waals surface area contributed by atoms with Gasteiger partial charge in [-0.1, -0.05) is 19.1 Å². The molecule has 1 aromatic carbocycles. The molecule has 4 rings (SSSR count). The predicted molar refractivity (Wildman–Crippen MR) is 136 cm³/mol. The average molecular weight is 533 g/mol. The zero-order valence-corrected chi connectivity index (χ0v) is 21.4. The maximum Gasteiger partial charge on any atom is 0.268 e. The molecule has 0 unspecified atom stereocenters. The lowest BCUT2D eigenvalue weighted by molar-refractivity contribution is -0.126. The predicted octanol–water partition coefficient (Wildman–Crippen LogP) is 5.34. The van der Waals surface area contributed by atoms with E-state index in [9.17, 15) is 9.59 Å². The second-order valence-electron chi connectivity index (χ2n) is 8.58. The largest absolute Gasteiger partial charge is 0.497 e. The Morgan fingerprint density at radius 3 is 2.55 bits per heavy atom. The molecule has 6 nitrogen and oxygen atoms in total. The van der Waals surface area contributed by atoms with Crippen molar-refractivity contribution in [1.29, 1.82) is 0 Å². The Bertz CT molecular complexity index is 1110. The molecule has 33 heavy (non-hydrogen) atoms. The van der Waals surface area contributed by atoms with Gasteiger partial charge in [-0.25, -0.2) is 0 Å². The van der Waals surface area contributed by atoms with E-state index in [-0.39, 0.29) is 23.8 Å². The Morgan fingerprint density at radius 2 is 1.88 bits per heavy atom. The summed E-state index contributed by atoms with van der Waals surface area (Å²) in [4.78, 5) is 25.5. The molecule has 0 aliphatic heterocycles. The normalized spacial score (nSPS) is 18.3. The van der Waals surface area contributed by atoms with Crippen molar-refractivity contribution < 1.29 is 14.3 Å². The Hall–Kier alpha value is -2.32. The number of rotatable bonds is 8. The van der Waals surface area contributed by atoms with E-state index in [4.69, 9.17) is 4.74 Å². The van der Waals surface area contributed by atoms with Crippen LogP contribution in [0.5, 0.6) is 5.75 Å². The van der Waals surface area contributed by atoms with Crippen LogP contribution in [0.1, 0.15) is 55.1 Å². The van der Waals surface area contributed by atoms with E-state index >= 15 is 0 Å². The van der Waals surface area contributed by atoms with Gasteiger partial charge in [0.1, 0.15) is 11.4 Å². The number of thiophene rings is 1. The molecule has 2 N–H and O–H groups in total. The SMILES string of the molecule is CCCNC(=O)C1CCC(NC(=O)c2cc3sc(Br)cc3n2Cc2ccc(OC)cc2)CC1. The van der Waals surface area contributed by atoms with Gasteiger partial charge in [0.25, 0.3) is 5.91 Å². The summed E-state index contributed by atoms with van der Waals surface area (Å²) < 4.78 is 9.47. The van der Waals surface area contributed by atoms with Crippen LogP contribution in [-0.2, 0) is 11.3 Å². The summed E-state index contributed by atoms with van der Waals surface area (Å²) in [5.74, 6) is 0.973. The first kappa shape index (κ1) is 23.8. The average Bonchev–Trinajstić information content (AvgIpc) is 3.35. The molecule has 176 valence electrons. The van der Waals surface area contributed by atoms with Crippen LogP contribution in [0.3, 0.4) is 0 Å². The molecule has 2 aromatic heterocycles. The summed E-state index contributed by atoms with van der Waals surface area (Å²) >= 11 is 5.20. The summed E-state index contributed by atoms with van der Waals surface area (Å²) in [6.45, 7) is 3.39. The van der Waals surface area contributed by atoms with E-state index in [2.05, 4.69) is 44.1 Å². The number of carbonyl (C=O) groups is 2. The lowest BCUT2D eigenvalue weighted by atomic mass is 9.85. The highest BCUT2D eigenvalue weighted by Crippen LogP contribution is 2.33. The molecular weight excluding hydrogens is 502 g/mol. The Kier molecular flexibility index (Phi) is 7.75. The summed E-state index contributed by atoms with van der Waals surface area (Å²) in [5, 5.41) is 6.23. The number of benzene rings is 1. The molecule has 0 bridgehead atoms. The number of nitrogens with one attached hydrogen (secondary N) is 2. The molecule has 1 aliphatic carbocycles. The molecule has 0 spiro atoms. The van der Waals surface area contributed by atoms with Gasteiger partial charge in [0, 0.05) is 25.0 Å². The van der Waals surface area contributed by atoms with Gasteiger partial charge >= 0.3 is 0 Å². The molecule has 0 saturated heterocycles. The highest BCUT2D eigenvalue weighted by molar-refractivity contribution is 9.11. The Balaban J connectivity index is 1.46. The molecule has 2 amide bonds. The molecule has 0 atom stereocenters. The number of aromatic nitrogens is 1. The molecule has 8 heteroatoms. The summed E-state index contributed by atoms with van der Waals surface area (Å²) in [6, 6.07) is 12.1. The van der Waals surface area contributed by atoms with Gasteiger partial charge in [-0.3, -0.25) is 9.59 Å². The smallest absolute Gasteiger partial charge is 0.268 e. The van der Waals surface area contributed by atoms with Crippen LogP contribution in [-0.4, -0.2) is 36.1 Å². The quantitative estimate of drug-likeness (QED) is 0.412. The van der Waals surface area contributed by atoms with Crippen molar-refractivity contribution >= 4 is 49.3 Å². The molecule has 0 radical (unpaired) electrons. The van der Waals surface area contributed by atoms with Crippen molar-refractivity contribution in [2.24, 2.45) is 5.92 Å². The lowest BCUT2D eigenvalue weighted by Gasteiger charge is -2.28. The number of methoxy groups -OCH3 is 1. The summed E-state index contributed by atoms with van der Waals surface area (Å²) in [6.07, 6.45) is 4.23. The Labute approximate surface area is 206 Å². The molecule has 1 fully saturated rings. The standard InChI is InChI=1S/C25H30BrN3O3S/c1-3-12-27-24(30)17-6-8-18(9-7-17)28-25(31)21-13-22-20(14-23(26)33-22)29(21)15-16-4-10-19(32-2)11-5-16/h4-5,10-11,13-14,17-18H,3,6-9,12,15H2,1-2H3,(H,27,30)(H,28,31). The van der Waals surface area contributed by atoms with E-state index in [0.717, 1.165) is 64.0 Å². The van der Waals surface area contributed by atoms with Gasteiger partial charge in [-0.15, -0.1) is 11.3 Å². The number of hydrogen-bond acceptors (Lipinski definition) is 4. The number of amides is 2. The topological polar surface area (TPSA) is 72.4 Å². The summed E-state index contributed by atoms with van der Waals surface area (Å²) in [5.41, 5.74) is 2.81.